The fraction of sp³-hybridized carbons (Fsp3) is 0.933. The molecule has 1 aliphatic heterocycles. The van der Waals surface area contributed by atoms with Gasteiger partial charge < -0.3 is 15.3 Å². The number of hydrogen-bond acceptors (Lipinski definition) is 2. The quantitative estimate of drug-likeness (QED) is 0.839. The van der Waals surface area contributed by atoms with E-state index < -0.39 is 18.2 Å². The minimum Gasteiger partial charge on any atom is -0.383 e. The molecule has 1 heterocycles. The molecule has 0 aromatic carbocycles. The fourth-order valence-corrected chi connectivity index (χ4v) is 3.49. The van der Waals surface area contributed by atoms with Crippen LogP contribution in [0.1, 0.15) is 45.4 Å². The van der Waals surface area contributed by atoms with E-state index in [0.717, 1.165) is 12.8 Å². The average Bonchev–Trinajstić information content (AvgIpc) is 2.90. The predicted octanol–water partition coefficient (Wildman–Crippen LogP) is 2.91. The Morgan fingerprint density at radius 2 is 1.86 bits per heavy atom. The third-order valence-electron chi connectivity index (χ3n) is 5.09. The zero-order valence-corrected chi connectivity index (χ0v) is 13.0. The summed E-state index contributed by atoms with van der Waals surface area (Å²) in [6, 6.07) is -0.201. The summed E-state index contributed by atoms with van der Waals surface area (Å²) in [7, 11) is 0. The molecule has 2 amide bonds. The number of nitrogens with one attached hydrogen (secondary N) is 1. The number of urea groups is 1. The summed E-state index contributed by atoms with van der Waals surface area (Å²) in [5, 5.41) is 12.2. The minimum atomic E-state index is -4.58. The van der Waals surface area contributed by atoms with Crippen molar-refractivity contribution in [3.05, 3.63) is 0 Å². The molecular formula is C15H25F3N2O2. The zero-order valence-electron chi connectivity index (χ0n) is 13.0. The number of aliphatic hydroxyl groups is 1. The van der Waals surface area contributed by atoms with Crippen LogP contribution in [0.3, 0.4) is 0 Å². The molecule has 1 aliphatic carbocycles. The van der Waals surface area contributed by atoms with Gasteiger partial charge in [-0.25, -0.2) is 4.79 Å². The second-order valence-electron chi connectivity index (χ2n) is 6.99. The number of carbonyl (C=O) groups is 1. The third kappa shape index (κ3) is 4.27. The summed E-state index contributed by atoms with van der Waals surface area (Å²) in [4.78, 5) is 13.7. The van der Waals surface area contributed by atoms with Gasteiger partial charge in [-0.05, 0) is 37.0 Å². The van der Waals surface area contributed by atoms with Gasteiger partial charge in [0.1, 0.15) is 0 Å². The Bertz CT molecular complexity index is 387. The maximum atomic E-state index is 12.5. The number of alkyl halides is 3. The van der Waals surface area contributed by atoms with E-state index in [9.17, 15) is 23.1 Å². The Hall–Kier alpha value is -0.980. The van der Waals surface area contributed by atoms with Gasteiger partial charge in [-0.1, -0.05) is 19.8 Å². The number of hydrogen-bond donors (Lipinski definition) is 2. The van der Waals surface area contributed by atoms with Crippen molar-refractivity contribution in [3.63, 3.8) is 0 Å². The normalized spacial score (nSPS) is 24.3. The van der Waals surface area contributed by atoms with Gasteiger partial charge in [0, 0.05) is 19.6 Å². The third-order valence-corrected chi connectivity index (χ3v) is 5.09. The molecule has 22 heavy (non-hydrogen) atoms. The number of nitrogens with zero attached hydrogens (tertiary/aromatic N) is 1. The molecule has 1 saturated heterocycles. The molecule has 2 aliphatic rings. The Kier molecular flexibility index (Phi) is 5.25. The molecule has 0 spiro atoms. The number of amides is 2. The van der Waals surface area contributed by atoms with Crippen molar-refractivity contribution in [2.75, 3.05) is 19.6 Å². The summed E-state index contributed by atoms with van der Waals surface area (Å²) in [6.07, 6.45) is -1.90. The molecule has 4 nitrogen and oxygen atoms in total. The van der Waals surface area contributed by atoms with Crippen molar-refractivity contribution in [1.29, 1.82) is 0 Å². The highest BCUT2D eigenvalue weighted by Gasteiger charge is 2.44. The van der Waals surface area contributed by atoms with E-state index in [-0.39, 0.29) is 37.4 Å². The number of likely N-dealkylation sites (tertiary alicyclic amines) is 1. The van der Waals surface area contributed by atoms with Gasteiger partial charge in [0.05, 0.1) is 0 Å². The second-order valence-corrected chi connectivity index (χ2v) is 6.99. The highest BCUT2D eigenvalue weighted by Crippen LogP contribution is 2.37. The first-order chi connectivity index (χ1) is 10.2. The highest BCUT2D eigenvalue weighted by molar-refractivity contribution is 5.74. The van der Waals surface area contributed by atoms with Gasteiger partial charge in [0.15, 0.2) is 6.10 Å². The first-order valence-corrected chi connectivity index (χ1v) is 7.99. The summed E-state index contributed by atoms with van der Waals surface area (Å²) in [5.41, 5.74) is 0.153. The molecule has 1 atom stereocenters. The van der Waals surface area contributed by atoms with Crippen LogP contribution < -0.4 is 5.32 Å². The summed E-state index contributed by atoms with van der Waals surface area (Å²) < 4.78 is 37.4. The maximum Gasteiger partial charge on any atom is 0.414 e. The van der Waals surface area contributed by atoms with Gasteiger partial charge >= 0.3 is 12.2 Å². The molecule has 2 fully saturated rings. The fourth-order valence-electron chi connectivity index (χ4n) is 3.49. The Labute approximate surface area is 129 Å². The van der Waals surface area contributed by atoms with Crippen LogP contribution in [0, 0.1) is 11.3 Å². The number of aliphatic hydroxyl groups excluding tert-OH is 1. The van der Waals surface area contributed by atoms with Crippen molar-refractivity contribution >= 4 is 6.03 Å². The Morgan fingerprint density at radius 1 is 1.32 bits per heavy atom. The van der Waals surface area contributed by atoms with Crippen molar-refractivity contribution in [1.82, 2.24) is 10.2 Å². The molecule has 1 saturated carbocycles. The smallest absolute Gasteiger partial charge is 0.383 e. The Balaban J connectivity index is 1.75. The zero-order chi connectivity index (χ0) is 16.4. The van der Waals surface area contributed by atoms with E-state index in [1.807, 2.05) is 0 Å². The van der Waals surface area contributed by atoms with Crippen LogP contribution in [0.2, 0.25) is 0 Å². The summed E-state index contributed by atoms with van der Waals surface area (Å²) >= 11 is 0. The lowest BCUT2D eigenvalue weighted by molar-refractivity contribution is -0.222. The van der Waals surface area contributed by atoms with E-state index in [0.29, 0.717) is 6.54 Å². The van der Waals surface area contributed by atoms with Crippen LogP contribution in [0.5, 0.6) is 0 Å². The lowest BCUT2D eigenvalue weighted by Gasteiger charge is -2.35. The molecule has 7 heteroatoms. The van der Waals surface area contributed by atoms with E-state index >= 15 is 0 Å². The van der Waals surface area contributed by atoms with Crippen molar-refractivity contribution in [2.24, 2.45) is 11.3 Å². The molecule has 0 aromatic heterocycles. The van der Waals surface area contributed by atoms with Crippen LogP contribution in [0.15, 0.2) is 0 Å². The van der Waals surface area contributed by atoms with Crippen molar-refractivity contribution in [2.45, 2.75) is 57.7 Å². The minimum absolute atomic E-state index is 0.153. The highest BCUT2D eigenvalue weighted by atomic mass is 19.4. The summed E-state index contributed by atoms with van der Waals surface area (Å²) in [5.74, 6) is -0.809. The SMILES string of the molecule is CC1(CNC(=O)N2CCC(C(O)C(F)(F)F)CC2)CCCC1. The molecule has 2 rings (SSSR count). The lowest BCUT2D eigenvalue weighted by Crippen LogP contribution is -2.49. The van der Waals surface area contributed by atoms with Crippen molar-refractivity contribution in [3.8, 4) is 0 Å². The molecule has 0 radical (unpaired) electrons. The molecule has 0 aromatic rings. The second kappa shape index (κ2) is 6.64. The number of halogens is 3. The predicted molar refractivity (Wildman–Crippen MR) is 76.3 cm³/mol. The van der Waals surface area contributed by atoms with E-state index in [4.69, 9.17) is 0 Å². The van der Waals surface area contributed by atoms with Gasteiger partial charge in [0.25, 0.3) is 0 Å². The van der Waals surface area contributed by atoms with Crippen molar-refractivity contribution < 1.29 is 23.1 Å². The van der Waals surface area contributed by atoms with Crippen LogP contribution in [0.25, 0.3) is 0 Å². The standard InChI is InChI=1S/C15H25F3N2O2/c1-14(6-2-3-7-14)10-19-13(22)20-8-4-11(5-9-20)12(21)15(16,17)18/h11-12,21H,2-10H2,1H3,(H,19,22). The molecular weight excluding hydrogens is 297 g/mol. The maximum absolute atomic E-state index is 12.5. The van der Waals surface area contributed by atoms with E-state index in [2.05, 4.69) is 12.2 Å². The summed E-state index contributed by atoms with van der Waals surface area (Å²) in [6.45, 7) is 3.31. The average molecular weight is 322 g/mol. The molecule has 1 unspecified atom stereocenters. The lowest BCUT2D eigenvalue weighted by atomic mass is 9.89. The first-order valence-electron chi connectivity index (χ1n) is 7.99. The van der Waals surface area contributed by atoms with Gasteiger partial charge in [0.2, 0.25) is 0 Å². The first kappa shape index (κ1) is 17.4. The monoisotopic (exact) mass is 322 g/mol. The van der Waals surface area contributed by atoms with Gasteiger partial charge in [-0.3, -0.25) is 0 Å². The van der Waals surface area contributed by atoms with Gasteiger partial charge in [-0.2, -0.15) is 13.2 Å². The Morgan fingerprint density at radius 3 is 2.36 bits per heavy atom. The number of carbonyl (C=O) groups excluding carboxylic acids is 1. The van der Waals surface area contributed by atoms with Gasteiger partial charge in [-0.15, -0.1) is 0 Å². The van der Waals surface area contributed by atoms with E-state index in [1.54, 1.807) is 4.90 Å². The van der Waals surface area contributed by atoms with Crippen LogP contribution >= 0.6 is 0 Å². The van der Waals surface area contributed by atoms with E-state index in [1.165, 1.54) is 12.8 Å². The van der Waals surface area contributed by atoms with Crippen LogP contribution in [-0.2, 0) is 0 Å². The van der Waals surface area contributed by atoms with Crippen LogP contribution in [-0.4, -0.2) is 48.0 Å². The molecule has 128 valence electrons. The molecule has 0 bridgehead atoms. The number of piperidine rings is 1. The topological polar surface area (TPSA) is 52.6 Å². The number of rotatable bonds is 3. The molecule has 2 N–H and O–H groups in total. The van der Waals surface area contributed by atoms with Crippen LogP contribution in [0.4, 0.5) is 18.0 Å². The largest absolute Gasteiger partial charge is 0.414 e.